The lowest BCUT2D eigenvalue weighted by Crippen LogP contribution is -2.26. The number of benzene rings is 2. The van der Waals surface area contributed by atoms with Gasteiger partial charge in [0, 0.05) is 36.7 Å². The van der Waals surface area contributed by atoms with Crippen LogP contribution in [0.4, 0.5) is 5.69 Å². The summed E-state index contributed by atoms with van der Waals surface area (Å²) >= 11 is 2.82. The van der Waals surface area contributed by atoms with E-state index >= 15 is 0 Å². The highest BCUT2D eigenvalue weighted by molar-refractivity contribution is 8.01. The van der Waals surface area contributed by atoms with Crippen molar-refractivity contribution in [2.45, 2.75) is 17.2 Å². The maximum atomic E-state index is 12.4. The van der Waals surface area contributed by atoms with Gasteiger partial charge in [-0.05, 0) is 17.9 Å². The molecule has 0 radical (unpaired) electrons. The highest BCUT2D eigenvalue weighted by Gasteiger charge is 2.11. The molecule has 0 saturated carbocycles. The van der Waals surface area contributed by atoms with Gasteiger partial charge in [-0.3, -0.25) is 9.59 Å². The molecule has 3 rings (SSSR count). The number of amides is 2. The van der Waals surface area contributed by atoms with E-state index in [9.17, 15) is 9.59 Å². The van der Waals surface area contributed by atoms with Crippen molar-refractivity contribution in [3.63, 3.8) is 0 Å². The summed E-state index contributed by atoms with van der Waals surface area (Å²) in [5, 5.41) is 9.77. The summed E-state index contributed by atoms with van der Waals surface area (Å²) in [4.78, 5) is 28.7. The third-order valence-electron chi connectivity index (χ3n) is 4.11. The Morgan fingerprint density at radius 1 is 1.14 bits per heavy atom. The Kier molecular flexibility index (Phi) is 8.03. The molecule has 2 amide bonds. The minimum atomic E-state index is -0.0843. The lowest BCUT2D eigenvalue weighted by Gasteiger charge is -2.08. The van der Waals surface area contributed by atoms with Crippen molar-refractivity contribution in [1.82, 2.24) is 10.3 Å². The number of nitrogens with zero attached hydrogens (tertiary/aromatic N) is 1. The summed E-state index contributed by atoms with van der Waals surface area (Å²) in [6, 6.07) is 13.8. The molecule has 0 fully saturated rings. The predicted octanol–water partition coefficient (Wildman–Crippen LogP) is 3.72. The van der Waals surface area contributed by atoms with Crippen molar-refractivity contribution in [1.29, 1.82) is 0 Å². The number of rotatable bonds is 10. The van der Waals surface area contributed by atoms with Gasteiger partial charge in [0.15, 0.2) is 4.34 Å². The van der Waals surface area contributed by atoms with Crippen LogP contribution in [-0.4, -0.2) is 42.8 Å². The van der Waals surface area contributed by atoms with Gasteiger partial charge in [-0.25, -0.2) is 4.98 Å². The van der Waals surface area contributed by atoms with Crippen molar-refractivity contribution in [3.8, 4) is 0 Å². The zero-order valence-corrected chi connectivity index (χ0v) is 17.8. The molecule has 0 saturated heterocycles. The van der Waals surface area contributed by atoms with E-state index in [0.29, 0.717) is 13.2 Å². The Labute approximate surface area is 178 Å². The van der Waals surface area contributed by atoms with Crippen molar-refractivity contribution < 1.29 is 14.3 Å². The average molecular weight is 430 g/mol. The molecule has 0 unspecified atom stereocenters. The predicted molar refractivity (Wildman–Crippen MR) is 119 cm³/mol. The first kappa shape index (κ1) is 21.3. The van der Waals surface area contributed by atoms with Gasteiger partial charge < -0.3 is 15.4 Å². The van der Waals surface area contributed by atoms with Gasteiger partial charge in [-0.1, -0.05) is 48.2 Å². The van der Waals surface area contributed by atoms with E-state index in [1.807, 2.05) is 47.8 Å². The van der Waals surface area contributed by atoms with E-state index in [1.165, 1.54) is 23.1 Å². The van der Waals surface area contributed by atoms with Gasteiger partial charge in [0.2, 0.25) is 11.8 Å². The van der Waals surface area contributed by atoms with Gasteiger partial charge in [0.05, 0.1) is 17.9 Å². The summed E-state index contributed by atoms with van der Waals surface area (Å²) < 4.78 is 5.73. The molecule has 0 atom stereocenters. The number of thiazole rings is 1. The molecule has 6 nitrogen and oxygen atoms in total. The van der Waals surface area contributed by atoms with Crippen LogP contribution in [-0.2, 0) is 20.7 Å². The second-order valence-electron chi connectivity index (χ2n) is 6.34. The second-order valence-corrected chi connectivity index (χ2v) is 8.42. The average Bonchev–Trinajstić information content (AvgIpc) is 3.17. The summed E-state index contributed by atoms with van der Waals surface area (Å²) in [6.07, 6.45) is 1.03. The van der Waals surface area contributed by atoms with E-state index in [1.54, 1.807) is 7.11 Å². The molecule has 0 aliphatic rings. The van der Waals surface area contributed by atoms with Crippen molar-refractivity contribution in [3.05, 3.63) is 53.5 Å². The van der Waals surface area contributed by atoms with E-state index < -0.39 is 0 Å². The van der Waals surface area contributed by atoms with Crippen molar-refractivity contribution in [2.75, 3.05) is 31.3 Å². The van der Waals surface area contributed by atoms with E-state index in [-0.39, 0.29) is 24.0 Å². The monoisotopic (exact) mass is 429 g/mol. The second kappa shape index (κ2) is 10.9. The maximum absolute atomic E-state index is 12.4. The summed E-state index contributed by atoms with van der Waals surface area (Å²) in [6.45, 7) is 1.21. The smallest absolute Gasteiger partial charge is 0.234 e. The van der Waals surface area contributed by atoms with E-state index in [2.05, 4.69) is 15.6 Å². The minimum absolute atomic E-state index is 0.0587. The molecule has 2 aromatic carbocycles. The first-order valence-electron chi connectivity index (χ1n) is 9.26. The fourth-order valence-electron chi connectivity index (χ4n) is 2.76. The number of anilines is 1. The third-order valence-corrected chi connectivity index (χ3v) is 6.18. The van der Waals surface area contributed by atoms with Gasteiger partial charge in [-0.15, -0.1) is 11.3 Å². The number of carbonyl (C=O) groups excluding carboxylic acids is 2. The summed E-state index contributed by atoms with van der Waals surface area (Å²) in [5.41, 5.74) is 1.52. The lowest BCUT2D eigenvalue weighted by molar-refractivity contribution is -0.120. The summed E-state index contributed by atoms with van der Waals surface area (Å²) in [5.74, 6) is 0.120. The highest BCUT2D eigenvalue weighted by atomic mass is 32.2. The zero-order chi connectivity index (χ0) is 20.5. The minimum Gasteiger partial charge on any atom is -0.385 e. The van der Waals surface area contributed by atoms with Crippen LogP contribution < -0.4 is 10.6 Å². The van der Waals surface area contributed by atoms with Crippen LogP contribution in [0.25, 0.3) is 10.8 Å². The quantitative estimate of drug-likeness (QED) is 0.379. The molecule has 2 N–H and O–H groups in total. The Hall–Kier alpha value is -2.42. The SMILES string of the molecule is COCCCNC(=O)Cc1csc(SCC(=O)Nc2cccc3ccccc23)n1. The normalized spacial score (nSPS) is 10.8. The van der Waals surface area contributed by atoms with Crippen LogP contribution >= 0.6 is 23.1 Å². The first-order chi connectivity index (χ1) is 14.2. The van der Waals surface area contributed by atoms with Gasteiger partial charge in [-0.2, -0.15) is 0 Å². The van der Waals surface area contributed by atoms with Crippen LogP contribution in [0.15, 0.2) is 52.2 Å². The molecule has 8 heteroatoms. The molecule has 152 valence electrons. The summed E-state index contributed by atoms with van der Waals surface area (Å²) in [7, 11) is 1.64. The molecule has 0 aliphatic carbocycles. The standard InChI is InChI=1S/C21H23N3O3S2/c1-27-11-5-10-22-19(25)12-16-13-28-21(23-16)29-14-20(26)24-18-9-4-7-15-6-2-3-8-17(15)18/h2-4,6-9,13H,5,10-12,14H2,1H3,(H,22,25)(H,24,26). The number of carbonyl (C=O) groups is 2. The Morgan fingerprint density at radius 2 is 1.97 bits per heavy atom. The van der Waals surface area contributed by atoms with E-state index in [4.69, 9.17) is 4.74 Å². The Balaban J connectivity index is 1.46. The van der Waals surface area contributed by atoms with Crippen LogP contribution in [0.5, 0.6) is 0 Å². The van der Waals surface area contributed by atoms with Crippen molar-refractivity contribution >= 4 is 51.4 Å². The third kappa shape index (κ3) is 6.56. The lowest BCUT2D eigenvalue weighted by atomic mass is 10.1. The fraction of sp³-hybridized carbons (Fsp3) is 0.286. The Morgan fingerprint density at radius 3 is 2.83 bits per heavy atom. The van der Waals surface area contributed by atoms with E-state index in [0.717, 1.165) is 32.9 Å². The largest absolute Gasteiger partial charge is 0.385 e. The molecule has 1 heterocycles. The molecule has 0 spiro atoms. The molecule has 1 aromatic heterocycles. The Bertz CT molecular complexity index is 969. The number of methoxy groups -OCH3 is 1. The molecule has 0 aliphatic heterocycles. The van der Waals surface area contributed by atoms with Gasteiger partial charge >= 0.3 is 0 Å². The first-order valence-corrected chi connectivity index (χ1v) is 11.1. The zero-order valence-electron chi connectivity index (χ0n) is 16.1. The molecule has 3 aromatic rings. The van der Waals surface area contributed by atoms with Crippen LogP contribution in [0.1, 0.15) is 12.1 Å². The number of thioether (sulfide) groups is 1. The molecular formula is C21H23N3O3S2. The number of fused-ring (bicyclic) bond motifs is 1. The van der Waals surface area contributed by atoms with Crippen LogP contribution in [0.2, 0.25) is 0 Å². The van der Waals surface area contributed by atoms with Gasteiger partial charge in [0.25, 0.3) is 0 Å². The van der Waals surface area contributed by atoms with Crippen LogP contribution in [0, 0.1) is 0 Å². The topological polar surface area (TPSA) is 80.3 Å². The number of ether oxygens (including phenoxy) is 1. The highest BCUT2D eigenvalue weighted by Crippen LogP contribution is 2.25. The molecule has 29 heavy (non-hydrogen) atoms. The van der Waals surface area contributed by atoms with Crippen molar-refractivity contribution in [2.24, 2.45) is 0 Å². The fourth-order valence-corrected chi connectivity index (χ4v) is 4.40. The number of hydrogen-bond acceptors (Lipinski definition) is 6. The number of nitrogens with one attached hydrogen (secondary N) is 2. The maximum Gasteiger partial charge on any atom is 0.234 e. The van der Waals surface area contributed by atoms with Crippen LogP contribution in [0.3, 0.4) is 0 Å². The number of hydrogen-bond donors (Lipinski definition) is 2. The van der Waals surface area contributed by atoms with Gasteiger partial charge in [0.1, 0.15) is 0 Å². The number of aromatic nitrogens is 1. The molecular weight excluding hydrogens is 406 g/mol. The molecule has 0 bridgehead atoms.